The molecule has 0 spiro atoms. The van der Waals surface area contributed by atoms with Gasteiger partial charge in [0.2, 0.25) is 0 Å². The van der Waals surface area contributed by atoms with E-state index in [2.05, 4.69) is 27.3 Å². The molecule has 1 N–H and O–H groups in total. The first kappa shape index (κ1) is 11.8. The van der Waals surface area contributed by atoms with E-state index in [0.29, 0.717) is 0 Å². The van der Waals surface area contributed by atoms with Crippen LogP contribution in [0.5, 0.6) is 0 Å². The molecular formula is C14H10BrNOS. The quantitative estimate of drug-likeness (QED) is 0.794. The molecule has 0 saturated carbocycles. The maximum Gasteiger partial charge on any atom is 0.256 e. The summed E-state index contributed by atoms with van der Waals surface area (Å²) in [6.07, 6.45) is 0. The number of amides is 1. The van der Waals surface area contributed by atoms with Gasteiger partial charge in [0.15, 0.2) is 0 Å². The van der Waals surface area contributed by atoms with Crippen molar-refractivity contribution in [2.75, 3.05) is 5.32 Å². The number of carbonyl (C=O) groups is 1. The minimum Gasteiger partial charge on any atom is -0.321 e. The summed E-state index contributed by atoms with van der Waals surface area (Å²) in [4.78, 5) is 14.2. The largest absolute Gasteiger partial charge is 0.321 e. The summed E-state index contributed by atoms with van der Waals surface area (Å²) in [5, 5.41) is 3.74. The summed E-state index contributed by atoms with van der Waals surface area (Å²) < 4.78 is 0. The Morgan fingerprint density at radius 2 is 1.94 bits per heavy atom. The van der Waals surface area contributed by atoms with Crippen LogP contribution in [0.2, 0.25) is 0 Å². The topological polar surface area (TPSA) is 29.1 Å². The number of benzene rings is 2. The highest BCUT2D eigenvalue weighted by atomic mass is 79.9. The molecule has 0 aromatic heterocycles. The highest BCUT2D eigenvalue weighted by Crippen LogP contribution is 2.39. The summed E-state index contributed by atoms with van der Waals surface area (Å²) in [6, 6.07) is 13.8. The number of halogens is 1. The molecule has 2 aromatic rings. The molecule has 0 atom stereocenters. The second kappa shape index (κ2) is 4.78. The van der Waals surface area contributed by atoms with Gasteiger partial charge >= 0.3 is 0 Å². The summed E-state index contributed by atoms with van der Waals surface area (Å²) >= 11 is 5.07. The SMILES string of the molecule is O=C1Nc2ccccc2Sc2cc(CBr)ccc21. The number of fused-ring (bicyclic) bond motifs is 2. The molecule has 1 aliphatic heterocycles. The molecule has 1 amide bonds. The lowest BCUT2D eigenvalue weighted by Gasteiger charge is -2.05. The van der Waals surface area contributed by atoms with Gasteiger partial charge in [0, 0.05) is 15.1 Å². The minimum absolute atomic E-state index is 0.0384. The minimum atomic E-state index is -0.0384. The zero-order valence-electron chi connectivity index (χ0n) is 9.44. The Balaban J connectivity index is 2.14. The maximum absolute atomic E-state index is 12.1. The van der Waals surface area contributed by atoms with Gasteiger partial charge in [-0.05, 0) is 29.8 Å². The monoisotopic (exact) mass is 319 g/mol. The van der Waals surface area contributed by atoms with Crippen LogP contribution in [-0.2, 0) is 5.33 Å². The molecule has 1 heterocycles. The van der Waals surface area contributed by atoms with Gasteiger partial charge in [-0.15, -0.1) is 0 Å². The number of para-hydroxylation sites is 1. The van der Waals surface area contributed by atoms with E-state index in [1.54, 1.807) is 11.8 Å². The third-order valence-corrected chi connectivity index (χ3v) is 4.58. The number of carbonyl (C=O) groups excluding carboxylic acids is 1. The Labute approximate surface area is 118 Å². The van der Waals surface area contributed by atoms with Crippen LogP contribution in [0.15, 0.2) is 52.3 Å². The summed E-state index contributed by atoms with van der Waals surface area (Å²) in [6.45, 7) is 0. The van der Waals surface area contributed by atoms with E-state index in [0.717, 1.165) is 26.4 Å². The van der Waals surface area contributed by atoms with Gasteiger partial charge in [0.1, 0.15) is 0 Å². The lowest BCUT2D eigenvalue weighted by Crippen LogP contribution is -2.11. The number of alkyl halides is 1. The molecule has 1 aliphatic rings. The van der Waals surface area contributed by atoms with Crippen molar-refractivity contribution < 1.29 is 4.79 Å². The van der Waals surface area contributed by atoms with Crippen LogP contribution in [0.1, 0.15) is 15.9 Å². The van der Waals surface area contributed by atoms with Crippen molar-refractivity contribution in [2.24, 2.45) is 0 Å². The zero-order valence-corrected chi connectivity index (χ0v) is 11.8. The molecule has 0 unspecified atom stereocenters. The number of rotatable bonds is 1. The van der Waals surface area contributed by atoms with E-state index in [-0.39, 0.29) is 5.91 Å². The maximum atomic E-state index is 12.1. The Bertz CT molecular complexity index is 627. The Morgan fingerprint density at radius 1 is 1.11 bits per heavy atom. The molecule has 0 fully saturated rings. The lowest BCUT2D eigenvalue weighted by molar-refractivity contribution is 0.102. The fourth-order valence-corrected chi connectivity index (χ4v) is 3.33. The van der Waals surface area contributed by atoms with Crippen molar-refractivity contribution in [1.29, 1.82) is 0 Å². The van der Waals surface area contributed by atoms with Crippen molar-refractivity contribution in [3.05, 3.63) is 53.6 Å². The predicted octanol–water partition coefficient (Wildman–Crippen LogP) is 4.30. The molecule has 0 bridgehead atoms. The van der Waals surface area contributed by atoms with Gasteiger partial charge in [-0.2, -0.15) is 0 Å². The van der Waals surface area contributed by atoms with Crippen molar-refractivity contribution in [2.45, 2.75) is 15.1 Å². The summed E-state index contributed by atoms with van der Waals surface area (Å²) in [5.74, 6) is -0.0384. The second-order valence-corrected chi connectivity index (χ2v) is 5.66. The third-order valence-electron chi connectivity index (χ3n) is 2.80. The van der Waals surface area contributed by atoms with Gasteiger partial charge in [-0.3, -0.25) is 4.79 Å². The van der Waals surface area contributed by atoms with E-state index in [4.69, 9.17) is 0 Å². The highest BCUT2D eigenvalue weighted by molar-refractivity contribution is 9.08. The van der Waals surface area contributed by atoms with Crippen molar-refractivity contribution in [1.82, 2.24) is 0 Å². The molecule has 2 aromatic carbocycles. The van der Waals surface area contributed by atoms with E-state index in [9.17, 15) is 4.79 Å². The van der Waals surface area contributed by atoms with Crippen molar-refractivity contribution in [3.63, 3.8) is 0 Å². The number of hydrogen-bond donors (Lipinski definition) is 1. The normalized spacial score (nSPS) is 13.3. The molecular weight excluding hydrogens is 310 g/mol. The van der Waals surface area contributed by atoms with Crippen LogP contribution in [0, 0.1) is 0 Å². The fraction of sp³-hybridized carbons (Fsp3) is 0.0714. The highest BCUT2D eigenvalue weighted by Gasteiger charge is 2.19. The standard InChI is InChI=1S/C14H10BrNOS/c15-8-9-5-6-10-13(7-9)18-12-4-2-1-3-11(12)16-14(10)17/h1-7H,8H2,(H,16,17). The lowest BCUT2D eigenvalue weighted by atomic mass is 10.1. The van der Waals surface area contributed by atoms with Crippen LogP contribution in [0.25, 0.3) is 0 Å². The van der Waals surface area contributed by atoms with Gasteiger partial charge in [0.25, 0.3) is 5.91 Å². The van der Waals surface area contributed by atoms with Gasteiger partial charge in [0.05, 0.1) is 11.3 Å². The van der Waals surface area contributed by atoms with E-state index in [1.807, 2.05) is 36.4 Å². The van der Waals surface area contributed by atoms with E-state index >= 15 is 0 Å². The number of nitrogens with one attached hydrogen (secondary N) is 1. The van der Waals surface area contributed by atoms with Crippen LogP contribution in [-0.4, -0.2) is 5.91 Å². The third kappa shape index (κ3) is 2.06. The first-order chi connectivity index (χ1) is 8.78. The molecule has 0 aliphatic carbocycles. The molecule has 4 heteroatoms. The number of anilines is 1. The zero-order chi connectivity index (χ0) is 12.5. The molecule has 18 heavy (non-hydrogen) atoms. The summed E-state index contributed by atoms with van der Waals surface area (Å²) in [5.41, 5.74) is 2.79. The van der Waals surface area contributed by atoms with Crippen LogP contribution < -0.4 is 5.32 Å². The van der Waals surface area contributed by atoms with Gasteiger partial charge in [-0.1, -0.05) is 45.9 Å². The van der Waals surface area contributed by atoms with Crippen molar-refractivity contribution in [3.8, 4) is 0 Å². The van der Waals surface area contributed by atoms with Crippen LogP contribution in [0.3, 0.4) is 0 Å². The van der Waals surface area contributed by atoms with Crippen LogP contribution >= 0.6 is 27.7 Å². The van der Waals surface area contributed by atoms with Gasteiger partial charge in [-0.25, -0.2) is 0 Å². The second-order valence-electron chi connectivity index (χ2n) is 4.02. The molecule has 90 valence electrons. The number of hydrogen-bond acceptors (Lipinski definition) is 2. The van der Waals surface area contributed by atoms with E-state index in [1.165, 1.54) is 5.56 Å². The Hall–Kier alpha value is -1.26. The van der Waals surface area contributed by atoms with Gasteiger partial charge < -0.3 is 5.32 Å². The van der Waals surface area contributed by atoms with Crippen LogP contribution in [0.4, 0.5) is 5.69 Å². The summed E-state index contributed by atoms with van der Waals surface area (Å²) in [7, 11) is 0. The molecule has 3 rings (SSSR count). The first-order valence-corrected chi connectivity index (χ1v) is 7.49. The molecule has 2 nitrogen and oxygen atoms in total. The fourth-order valence-electron chi connectivity index (χ4n) is 1.89. The average molecular weight is 320 g/mol. The average Bonchev–Trinajstić information content (AvgIpc) is 2.54. The van der Waals surface area contributed by atoms with Crippen molar-refractivity contribution >= 4 is 39.3 Å². The Morgan fingerprint density at radius 3 is 2.78 bits per heavy atom. The predicted molar refractivity (Wildman–Crippen MR) is 77.6 cm³/mol. The first-order valence-electron chi connectivity index (χ1n) is 5.55. The van der Waals surface area contributed by atoms with E-state index < -0.39 is 0 Å². The Kier molecular flexibility index (Phi) is 3.14. The molecule has 0 radical (unpaired) electrons. The smallest absolute Gasteiger partial charge is 0.256 e. The molecule has 0 saturated heterocycles.